The van der Waals surface area contributed by atoms with Gasteiger partial charge < -0.3 is 10.1 Å². The standard InChI is InChI=1S/C24H23FN2O2/c1-16-10-17(2)12-19(11-16)24(8-9-24)23(28)27-15-18-6-7-22(26-14-18)29-21-5-3-4-20(25)13-21/h3-7,10-14H,8-9,15H2,1-2H3,(H,27,28). The second-order valence-corrected chi connectivity index (χ2v) is 7.71. The molecule has 0 bridgehead atoms. The predicted octanol–water partition coefficient (Wildman–Crippen LogP) is 4.98. The molecule has 0 spiro atoms. The zero-order chi connectivity index (χ0) is 20.4. The van der Waals surface area contributed by atoms with E-state index in [4.69, 9.17) is 4.74 Å². The van der Waals surface area contributed by atoms with Gasteiger partial charge in [-0.15, -0.1) is 0 Å². The van der Waals surface area contributed by atoms with Crippen LogP contribution < -0.4 is 10.1 Å². The number of carbonyl (C=O) groups is 1. The normalized spacial score (nSPS) is 14.3. The smallest absolute Gasteiger partial charge is 0.230 e. The molecule has 0 aliphatic heterocycles. The van der Waals surface area contributed by atoms with Crippen molar-refractivity contribution in [3.8, 4) is 11.6 Å². The molecule has 1 aromatic heterocycles. The van der Waals surface area contributed by atoms with Crippen LogP contribution in [0.25, 0.3) is 0 Å². The second-order valence-electron chi connectivity index (χ2n) is 7.71. The van der Waals surface area contributed by atoms with Crippen molar-refractivity contribution in [2.24, 2.45) is 0 Å². The van der Waals surface area contributed by atoms with E-state index in [9.17, 15) is 9.18 Å². The lowest BCUT2D eigenvalue weighted by Gasteiger charge is -2.17. The number of aromatic nitrogens is 1. The Kier molecular flexibility index (Phi) is 5.05. The molecule has 4 nitrogen and oxygen atoms in total. The highest BCUT2D eigenvalue weighted by molar-refractivity contribution is 5.91. The molecule has 0 saturated heterocycles. The molecular formula is C24H23FN2O2. The summed E-state index contributed by atoms with van der Waals surface area (Å²) in [6.45, 7) is 4.52. The summed E-state index contributed by atoms with van der Waals surface area (Å²) >= 11 is 0. The van der Waals surface area contributed by atoms with Crippen LogP contribution in [0, 0.1) is 19.7 Å². The van der Waals surface area contributed by atoms with Crippen LogP contribution >= 0.6 is 0 Å². The number of rotatable bonds is 6. The summed E-state index contributed by atoms with van der Waals surface area (Å²) in [6, 6.07) is 15.8. The van der Waals surface area contributed by atoms with Crippen molar-refractivity contribution in [1.29, 1.82) is 0 Å². The van der Waals surface area contributed by atoms with Crippen molar-refractivity contribution < 1.29 is 13.9 Å². The van der Waals surface area contributed by atoms with Crippen molar-refractivity contribution in [3.63, 3.8) is 0 Å². The molecule has 1 heterocycles. The molecule has 1 aliphatic carbocycles. The molecule has 1 saturated carbocycles. The van der Waals surface area contributed by atoms with Gasteiger partial charge in [0.15, 0.2) is 0 Å². The Balaban J connectivity index is 1.38. The van der Waals surface area contributed by atoms with E-state index in [1.54, 1.807) is 24.4 Å². The van der Waals surface area contributed by atoms with Crippen molar-refractivity contribution in [3.05, 3.63) is 88.9 Å². The van der Waals surface area contributed by atoms with Crippen LogP contribution in [0.5, 0.6) is 11.6 Å². The predicted molar refractivity (Wildman–Crippen MR) is 109 cm³/mol. The summed E-state index contributed by atoms with van der Waals surface area (Å²) in [6.07, 6.45) is 3.41. The number of nitrogens with zero attached hydrogens (tertiary/aromatic N) is 1. The number of hydrogen-bond donors (Lipinski definition) is 1. The maximum absolute atomic E-state index is 13.2. The largest absolute Gasteiger partial charge is 0.439 e. The van der Waals surface area contributed by atoms with E-state index >= 15 is 0 Å². The highest BCUT2D eigenvalue weighted by atomic mass is 19.1. The minimum Gasteiger partial charge on any atom is -0.439 e. The zero-order valence-electron chi connectivity index (χ0n) is 16.5. The van der Waals surface area contributed by atoms with Crippen LogP contribution in [0.15, 0.2) is 60.8 Å². The molecule has 1 N–H and O–H groups in total. The first-order valence-corrected chi connectivity index (χ1v) is 9.70. The number of benzene rings is 2. The van der Waals surface area contributed by atoms with Crippen molar-refractivity contribution >= 4 is 5.91 Å². The van der Waals surface area contributed by atoms with Crippen molar-refractivity contribution in [2.45, 2.75) is 38.6 Å². The van der Waals surface area contributed by atoms with Gasteiger partial charge in [0.1, 0.15) is 11.6 Å². The minimum absolute atomic E-state index is 0.0580. The van der Waals surface area contributed by atoms with E-state index in [0.29, 0.717) is 18.2 Å². The fraction of sp³-hybridized carbons (Fsp3) is 0.250. The Morgan fingerprint density at radius 3 is 2.48 bits per heavy atom. The van der Waals surface area contributed by atoms with E-state index < -0.39 is 5.41 Å². The molecule has 4 rings (SSSR count). The number of aryl methyl sites for hydroxylation is 2. The third-order valence-corrected chi connectivity index (χ3v) is 5.23. The Hall–Kier alpha value is -3.21. The van der Waals surface area contributed by atoms with Gasteiger partial charge >= 0.3 is 0 Å². The summed E-state index contributed by atoms with van der Waals surface area (Å²) in [5.41, 5.74) is 3.94. The molecule has 1 amide bonds. The SMILES string of the molecule is Cc1cc(C)cc(C2(C(=O)NCc3ccc(Oc4cccc(F)c4)nc3)CC2)c1. The maximum atomic E-state index is 13.2. The molecule has 3 aromatic rings. The van der Waals surface area contributed by atoms with Gasteiger partial charge in [0.25, 0.3) is 0 Å². The number of ether oxygens (including phenoxy) is 1. The summed E-state index contributed by atoms with van der Waals surface area (Å²) in [5.74, 6) is 0.462. The lowest BCUT2D eigenvalue weighted by molar-refractivity contribution is -0.123. The summed E-state index contributed by atoms with van der Waals surface area (Å²) in [5, 5.41) is 3.05. The van der Waals surface area contributed by atoms with Crippen LogP contribution in [0.3, 0.4) is 0 Å². The maximum Gasteiger partial charge on any atom is 0.230 e. The topological polar surface area (TPSA) is 51.2 Å². The van der Waals surface area contributed by atoms with Crippen LogP contribution in [0.4, 0.5) is 4.39 Å². The lowest BCUT2D eigenvalue weighted by Crippen LogP contribution is -2.34. The summed E-state index contributed by atoms with van der Waals surface area (Å²) < 4.78 is 18.8. The van der Waals surface area contributed by atoms with Crippen molar-refractivity contribution in [1.82, 2.24) is 10.3 Å². The fourth-order valence-electron chi connectivity index (χ4n) is 3.60. The Morgan fingerprint density at radius 2 is 1.86 bits per heavy atom. The minimum atomic E-state index is -0.398. The molecule has 0 atom stereocenters. The summed E-state index contributed by atoms with van der Waals surface area (Å²) in [7, 11) is 0. The Labute approximate surface area is 169 Å². The third kappa shape index (κ3) is 4.29. The van der Waals surface area contributed by atoms with Gasteiger partial charge in [-0.3, -0.25) is 4.79 Å². The van der Waals surface area contributed by atoms with E-state index in [1.807, 2.05) is 6.07 Å². The molecule has 1 fully saturated rings. The molecule has 5 heteroatoms. The van der Waals surface area contributed by atoms with E-state index in [-0.39, 0.29) is 11.7 Å². The van der Waals surface area contributed by atoms with Crippen LogP contribution in [0.1, 0.15) is 35.1 Å². The Bertz CT molecular complexity index is 1020. The molecular weight excluding hydrogens is 367 g/mol. The van der Waals surface area contributed by atoms with Crippen LogP contribution in [-0.2, 0) is 16.8 Å². The zero-order valence-corrected chi connectivity index (χ0v) is 16.5. The van der Waals surface area contributed by atoms with Crippen LogP contribution in [-0.4, -0.2) is 10.9 Å². The highest BCUT2D eigenvalue weighted by Crippen LogP contribution is 2.48. The molecule has 2 aromatic carbocycles. The molecule has 148 valence electrons. The number of carbonyl (C=O) groups excluding carboxylic acids is 1. The van der Waals surface area contributed by atoms with Gasteiger partial charge in [0.2, 0.25) is 11.8 Å². The van der Waals surface area contributed by atoms with Crippen LogP contribution in [0.2, 0.25) is 0 Å². The molecule has 0 unspecified atom stereocenters. The van der Waals surface area contributed by atoms with E-state index in [0.717, 1.165) is 24.0 Å². The second kappa shape index (κ2) is 7.66. The molecule has 1 aliphatic rings. The number of halogens is 1. The Morgan fingerprint density at radius 1 is 1.10 bits per heavy atom. The number of hydrogen-bond acceptors (Lipinski definition) is 3. The molecule has 29 heavy (non-hydrogen) atoms. The lowest BCUT2D eigenvalue weighted by atomic mass is 9.92. The van der Waals surface area contributed by atoms with E-state index in [2.05, 4.69) is 42.3 Å². The molecule has 0 radical (unpaired) electrons. The summed E-state index contributed by atoms with van der Waals surface area (Å²) in [4.78, 5) is 17.1. The fourth-order valence-corrected chi connectivity index (χ4v) is 3.60. The van der Waals surface area contributed by atoms with Gasteiger partial charge in [0.05, 0.1) is 5.41 Å². The van der Waals surface area contributed by atoms with Gasteiger partial charge in [-0.2, -0.15) is 0 Å². The third-order valence-electron chi connectivity index (χ3n) is 5.23. The first-order valence-electron chi connectivity index (χ1n) is 9.70. The number of nitrogens with one attached hydrogen (secondary N) is 1. The van der Waals surface area contributed by atoms with Gasteiger partial charge in [0, 0.05) is 24.9 Å². The monoisotopic (exact) mass is 390 g/mol. The average Bonchev–Trinajstić information content (AvgIpc) is 3.49. The van der Waals surface area contributed by atoms with Gasteiger partial charge in [-0.25, -0.2) is 9.37 Å². The first-order chi connectivity index (χ1) is 13.9. The quantitative estimate of drug-likeness (QED) is 0.646. The highest BCUT2D eigenvalue weighted by Gasteiger charge is 2.51. The number of amides is 1. The average molecular weight is 390 g/mol. The van der Waals surface area contributed by atoms with Gasteiger partial charge in [-0.1, -0.05) is 41.5 Å². The van der Waals surface area contributed by atoms with Crippen molar-refractivity contribution in [2.75, 3.05) is 0 Å². The van der Waals surface area contributed by atoms with E-state index in [1.165, 1.54) is 23.3 Å². The first kappa shape index (κ1) is 19.1. The van der Waals surface area contributed by atoms with Gasteiger partial charge in [-0.05, 0) is 49.9 Å². The number of pyridine rings is 1.